The molecule has 0 aliphatic heterocycles. The Labute approximate surface area is 191 Å². The van der Waals surface area contributed by atoms with Crippen molar-refractivity contribution >= 4 is 17.5 Å². The number of hydrogen-bond acceptors (Lipinski definition) is 3. The van der Waals surface area contributed by atoms with Crippen LogP contribution in [0.1, 0.15) is 39.2 Å². The Bertz CT molecular complexity index is 1330. The molecule has 33 heavy (non-hydrogen) atoms. The maximum absolute atomic E-state index is 12.7. The fourth-order valence-corrected chi connectivity index (χ4v) is 3.47. The van der Waals surface area contributed by atoms with Crippen molar-refractivity contribution in [2.75, 3.05) is 5.32 Å². The molecule has 1 aromatic heterocycles. The number of pyridine rings is 1. The number of H-pyrrole nitrogens is 1. The predicted octanol–water partition coefficient (Wildman–Crippen LogP) is 4.79. The van der Waals surface area contributed by atoms with Gasteiger partial charge in [-0.25, -0.2) is 0 Å². The second-order valence-electron chi connectivity index (χ2n) is 7.62. The van der Waals surface area contributed by atoms with Crippen molar-refractivity contribution in [1.82, 2.24) is 10.3 Å². The molecule has 0 aliphatic rings. The Morgan fingerprint density at radius 1 is 0.788 bits per heavy atom. The third-order valence-corrected chi connectivity index (χ3v) is 5.27. The molecule has 0 radical (unpaired) electrons. The van der Waals surface area contributed by atoms with E-state index in [1.165, 1.54) is 6.07 Å². The van der Waals surface area contributed by atoms with E-state index >= 15 is 0 Å². The van der Waals surface area contributed by atoms with Crippen LogP contribution in [0.3, 0.4) is 0 Å². The summed E-state index contributed by atoms with van der Waals surface area (Å²) in [7, 11) is 0. The first-order valence-electron chi connectivity index (χ1n) is 10.6. The SMILES string of the molecule is CC(NC(=O)c1ccc(-c2ccccc2)[nH]c1=O)c1cccc(NC(=O)c2ccccc2)c1. The van der Waals surface area contributed by atoms with Gasteiger partial charge in [-0.2, -0.15) is 0 Å². The first-order chi connectivity index (χ1) is 16.0. The lowest BCUT2D eigenvalue weighted by molar-refractivity contribution is 0.0937. The number of amides is 2. The molecule has 6 heteroatoms. The Balaban J connectivity index is 1.45. The van der Waals surface area contributed by atoms with E-state index in [4.69, 9.17) is 0 Å². The fourth-order valence-electron chi connectivity index (χ4n) is 3.47. The molecule has 0 aliphatic carbocycles. The van der Waals surface area contributed by atoms with Crippen LogP contribution >= 0.6 is 0 Å². The Kier molecular flexibility index (Phi) is 6.45. The number of nitrogens with one attached hydrogen (secondary N) is 3. The number of benzene rings is 3. The number of rotatable bonds is 6. The normalized spacial score (nSPS) is 11.4. The average molecular weight is 437 g/mol. The van der Waals surface area contributed by atoms with E-state index in [1.54, 1.807) is 48.5 Å². The summed E-state index contributed by atoms with van der Waals surface area (Å²) in [5.74, 6) is -0.684. The third kappa shape index (κ3) is 5.25. The largest absolute Gasteiger partial charge is 0.345 e. The summed E-state index contributed by atoms with van der Waals surface area (Å²) in [5.41, 5.74) is 3.07. The summed E-state index contributed by atoms with van der Waals surface area (Å²) < 4.78 is 0. The van der Waals surface area contributed by atoms with Crippen LogP contribution in [0, 0.1) is 0 Å². The van der Waals surface area contributed by atoms with Gasteiger partial charge in [0.2, 0.25) is 0 Å². The van der Waals surface area contributed by atoms with Gasteiger partial charge in [0.15, 0.2) is 0 Å². The van der Waals surface area contributed by atoms with Gasteiger partial charge in [-0.3, -0.25) is 14.4 Å². The van der Waals surface area contributed by atoms with Crippen molar-refractivity contribution in [3.8, 4) is 11.3 Å². The van der Waals surface area contributed by atoms with Gasteiger partial charge >= 0.3 is 0 Å². The summed E-state index contributed by atoms with van der Waals surface area (Å²) in [6, 6.07) is 28.5. The van der Waals surface area contributed by atoms with Gasteiger partial charge in [0.05, 0.1) is 6.04 Å². The first kappa shape index (κ1) is 21.8. The summed E-state index contributed by atoms with van der Waals surface area (Å²) in [6.07, 6.45) is 0. The Morgan fingerprint density at radius 3 is 2.18 bits per heavy atom. The van der Waals surface area contributed by atoms with Crippen LogP contribution in [0.4, 0.5) is 5.69 Å². The van der Waals surface area contributed by atoms with Gasteiger partial charge in [-0.1, -0.05) is 60.7 Å². The van der Waals surface area contributed by atoms with Gasteiger partial charge in [0, 0.05) is 16.9 Å². The summed E-state index contributed by atoms with van der Waals surface area (Å²) in [6.45, 7) is 1.82. The lowest BCUT2D eigenvalue weighted by atomic mass is 10.1. The topological polar surface area (TPSA) is 91.1 Å². The molecule has 0 saturated carbocycles. The minimum Gasteiger partial charge on any atom is -0.345 e. The molecule has 0 spiro atoms. The highest BCUT2D eigenvalue weighted by Crippen LogP contribution is 2.19. The minimum atomic E-state index is -0.470. The maximum atomic E-state index is 12.7. The van der Waals surface area contributed by atoms with E-state index in [1.807, 2.05) is 49.4 Å². The Morgan fingerprint density at radius 2 is 1.48 bits per heavy atom. The van der Waals surface area contributed by atoms with Crippen molar-refractivity contribution in [1.29, 1.82) is 0 Å². The van der Waals surface area contributed by atoms with Crippen LogP contribution in [0.15, 0.2) is 102 Å². The number of aromatic amines is 1. The van der Waals surface area contributed by atoms with Crippen molar-refractivity contribution in [2.45, 2.75) is 13.0 Å². The maximum Gasteiger partial charge on any atom is 0.261 e. The number of aromatic nitrogens is 1. The highest BCUT2D eigenvalue weighted by atomic mass is 16.2. The molecule has 2 amide bonds. The van der Waals surface area contributed by atoms with E-state index in [0.29, 0.717) is 16.9 Å². The molecular formula is C27H23N3O3. The number of hydrogen-bond donors (Lipinski definition) is 3. The monoisotopic (exact) mass is 437 g/mol. The quantitative estimate of drug-likeness (QED) is 0.405. The van der Waals surface area contributed by atoms with Crippen molar-refractivity contribution in [3.05, 3.63) is 124 Å². The van der Waals surface area contributed by atoms with Crippen LogP contribution in [-0.2, 0) is 0 Å². The minimum absolute atomic E-state index is 0.0371. The van der Waals surface area contributed by atoms with Gasteiger partial charge < -0.3 is 15.6 Å². The highest BCUT2D eigenvalue weighted by molar-refractivity contribution is 6.04. The summed E-state index contributed by atoms with van der Waals surface area (Å²) in [4.78, 5) is 40.4. The molecule has 4 rings (SSSR count). The molecule has 0 saturated heterocycles. The lowest BCUT2D eigenvalue weighted by Gasteiger charge is -2.16. The third-order valence-electron chi connectivity index (χ3n) is 5.27. The molecule has 4 aromatic rings. The van der Waals surface area contributed by atoms with Crippen LogP contribution in [0.5, 0.6) is 0 Å². The molecular weight excluding hydrogens is 414 g/mol. The average Bonchev–Trinajstić information content (AvgIpc) is 2.85. The molecule has 0 bridgehead atoms. The van der Waals surface area contributed by atoms with Gasteiger partial charge in [-0.15, -0.1) is 0 Å². The molecule has 1 heterocycles. The molecule has 164 valence electrons. The van der Waals surface area contributed by atoms with E-state index < -0.39 is 11.5 Å². The Hall–Kier alpha value is -4.45. The number of carbonyl (C=O) groups excluding carboxylic acids is 2. The molecule has 1 unspecified atom stereocenters. The number of anilines is 1. The van der Waals surface area contributed by atoms with E-state index in [0.717, 1.165) is 11.1 Å². The molecule has 6 nitrogen and oxygen atoms in total. The van der Waals surface area contributed by atoms with Gasteiger partial charge in [0.25, 0.3) is 17.4 Å². The predicted molar refractivity (Wildman–Crippen MR) is 129 cm³/mol. The standard InChI is InChI=1S/C27H23N3O3/c1-18(21-13-8-14-22(17-21)29-25(31)20-11-6-3-7-12-20)28-26(32)23-15-16-24(30-27(23)33)19-9-4-2-5-10-19/h2-18H,1H3,(H,28,32)(H,29,31)(H,30,33). The van der Waals surface area contributed by atoms with E-state index in [-0.39, 0.29) is 17.5 Å². The molecule has 1 atom stereocenters. The van der Waals surface area contributed by atoms with Crippen molar-refractivity contribution in [3.63, 3.8) is 0 Å². The molecule has 3 aromatic carbocycles. The van der Waals surface area contributed by atoms with Crippen LogP contribution in [0.2, 0.25) is 0 Å². The zero-order chi connectivity index (χ0) is 23.2. The molecule has 0 fully saturated rings. The zero-order valence-electron chi connectivity index (χ0n) is 18.0. The van der Waals surface area contributed by atoms with Crippen LogP contribution < -0.4 is 16.2 Å². The fraction of sp³-hybridized carbons (Fsp3) is 0.0741. The lowest BCUT2D eigenvalue weighted by Crippen LogP contribution is -2.31. The van der Waals surface area contributed by atoms with Crippen molar-refractivity contribution in [2.24, 2.45) is 0 Å². The smallest absolute Gasteiger partial charge is 0.261 e. The van der Waals surface area contributed by atoms with Crippen LogP contribution in [0.25, 0.3) is 11.3 Å². The van der Waals surface area contributed by atoms with Crippen molar-refractivity contribution < 1.29 is 9.59 Å². The van der Waals surface area contributed by atoms with Crippen LogP contribution in [-0.4, -0.2) is 16.8 Å². The second-order valence-corrected chi connectivity index (χ2v) is 7.62. The zero-order valence-corrected chi connectivity index (χ0v) is 18.0. The summed E-state index contributed by atoms with van der Waals surface area (Å²) in [5, 5.41) is 5.72. The van der Waals surface area contributed by atoms with Gasteiger partial charge in [0.1, 0.15) is 5.56 Å². The highest BCUT2D eigenvalue weighted by Gasteiger charge is 2.16. The number of carbonyl (C=O) groups is 2. The van der Waals surface area contributed by atoms with Gasteiger partial charge in [-0.05, 0) is 54.4 Å². The first-order valence-corrected chi connectivity index (χ1v) is 10.6. The molecule has 3 N–H and O–H groups in total. The summed E-state index contributed by atoms with van der Waals surface area (Å²) >= 11 is 0. The second kappa shape index (κ2) is 9.78. The van der Waals surface area contributed by atoms with E-state index in [9.17, 15) is 14.4 Å². The van der Waals surface area contributed by atoms with E-state index in [2.05, 4.69) is 15.6 Å².